The van der Waals surface area contributed by atoms with E-state index in [9.17, 15) is 4.79 Å². The summed E-state index contributed by atoms with van der Waals surface area (Å²) in [6.07, 6.45) is 0.562. The molecule has 3 heteroatoms. The number of carbonyl (C=O) groups is 1. The number of carboxylic acid groups (broad SMARTS) is 1. The molecule has 0 bridgehead atoms. The van der Waals surface area contributed by atoms with E-state index in [2.05, 4.69) is 0 Å². The zero-order chi connectivity index (χ0) is 10.7. The zero-order valence-electron chi connectivity index (χ0n) is 8.16. The van der Waals surface area contributed by atoms with Gasteiger partial charge in [0.15, 0.2) is 0 Å². The highest BCUT2D eigenvalue weighted by molar-refractivity contribution is 5.91. The molecular weight excluding hydrogens is 178 g/mol. The first kappa shape index (κ1) is 10.3. The second kappa shape index (κ2) is 3.93. The summed E-state index contributed by atoms with van der Waals surface area (Å²) in [5, 5.41) is 17.8. The summed E-state index contributed by atoms with van der Waals surface area (Å²) in [7, 11) is 0. The average molecular weight is 189 g/mol. The van der Waals surface area contributed by atoms with Crippen LogP contribution in [0.25, 0.3) is 0 Å². The van der Waals surface area contributed by atoms with Gasteiger partial charge in [-0.25, -0.2) is 4.79 Å². The highest BCUT2D eigenvalue weighted by Gasteiger charge is 2.15. The molecule has 0 aliphatic rings. The van der Waals surface area contributed by atoms with Gasteiger partial charge in [-0.2, -0.15) is 5.26 Å². The molecule has 1 N–H and O–H groups in total. The summed E-state index contributed by atoms with van der Waals surface area (Å²) in [4.78, 5) is 11.0. The Morgan fingerprint density at radius 3 is 2.64 bits per heavy atom. The van der Waals surface area contributed by atoms with Crippen LogP contribution in [0, 0.1) is 18.3 Å². The van der Waals surface area contributed by atoms with E-state index in [0.29, 0.717) is 23.1 Å². The van der Waals surface area contributed by atoms with Gasteiger partial charge in [0.2, 0.25) is 0 Å². The van der Waals surface area contributed by atoms with E-state index in [-0.39, 0.29) is 5.56 Å². The maximum absolute atomic E-state index is 11.0. The summed E-state index contributed by atoms with van der Waals surface area (Å²) < 4.78 is 0. The van der Waals surface area contributed by atoms with E-state index in [1.807, 2.05) is 13.0 Å². The molecule has 72 valence electrons. The van der Waals surface area contributed by atoms with Crippen LogP contribution in [0.2, 0.25) is 0 Å². The number of benzene rings is 1. The highest BCUT2D eigenvalue weighted by Crippen LogP contribution is 2.19. The maximum atomic E-state index is 11.0. The number of carboxylic acids is 1. The van der Waals surface area contributed by atoms with Gasteiger partial charge in [0.25, 0.3) is 0 Å². The van der Waals surface area contributed by atoms with Crippen LogP contribution in [0.3, 0.4) is 0 Å². The number of aryl methyl sites for hydroxylation is 1. The Balaban J connectivity index is 3.53. The largest absolute Gasteiger partial charge is 0.478 e. The molecule has 0 saturated carbocycles. The predicted octanol–water partition coefficient (Wildman–Crippen LogP) is 2.13. The first-order valence-electron chi connectivity index (χ1n) is 4.37. The van der Waals surface area contributed by atoms with Crippen molar-refractivity contribution in [1.29, 1.82) is 5.26 Å². The fourth-order valence-electron chi connectivity index (χ4n) is 1.53. The van der Waals surface area contributed by atoms with Gasteiger partial charge in [-0.05, 0) is 30.5 Å². The first-order valence-corrected chi connectivity index (χ1v) is 4.37. The van der Waals surface area contributed by atoms with Crippen LogP contribution in [0.1, 0.15) is 34.0 Å². The third-order valence-electron chi connectivity index (χ3n) is 2.21. The lowest BCUT2D eigenvalue weighted by atomic mass is 9.95. The second-order valence-electron chi connectivity index (χ2n) is 3.05. The van der Waals surface area contributed by atoms with Crippen molar-refractivity contribution in [3.63, 3.8) is 0 Å². The Morgan fingerprint density at radius 1 is 1.57 bits per heavy atom. The van der Waals surface area contributed by atoms with Crippen LogP contribution < -0.4 is 0 Å². The van der Waals surface area contributed by atoms with E-state index in [4.69, 9.17) is 10.4 Å². The Labute approximate surface area is 82.6 Å². The van der Waals surface area contributed by atoms with Crippen molar-refractivity contribution in [2.45, 2.75) is 20.3 Å². The third kappa shape index (κ3) is 1.60. The van der Waals surface area contributed by atoms with Crippen LogP contribution in [0.4, 0.5) is 0 Å². The smallest absolute Gasteiger partial charge is 0.336 e. The third-order valence-corrected chi connectivity index (χ3v) is 2.21. The van der Waals surface area contributed by atoms with Crippen molar-refractivity contribution in [2.75, 3.05) is 0 Å². The molecule has 0 saturated heterocycles. The molecule has 0 spiro atoms. The van der Waals surface area contributed by atoms with Crippen LogP contribution in [-0.4, -0.2) is 11.1 Å². The van der Waals surface area contributed by atoms with Gasteiger partial charge < -0.3 is 5.11 Å². The van der Waals surface area contributed by atoms with Crippen LogP contribution in [0.5, 0.6) is 0 Å². The van der Waals surface area contributed by atoms with Crippen LogP contribution >= 0.6 is 0 Å². The summed E-state index contributed by atoms with van der Waals surface area (Å²) >= 11 is 0. The molecule has 0 amide bonds. The van der Waals surface area contributed by atoms with E-state index < -0.39 is 5.97 Å². The molecule has 1 rings (SSSR count). The van der Waals surface area contributed by atoms with Crippen molar-refractivity contribution in [3.8, 4) is 6.07 Å². The summed E-state index contributed by atoms with van der Waals surface area (Å²) in [6, 6.07) is 5.34. The lowest BCUT2D eigenvalue weighted by Crippen LogP contribution is -2.06. The molecule has 0 aromatic heterocycles. The number of aromatic carboxylic acids is 1. The minimum Gasteiger partial charge on any atom is -0.478 e. The zero-order valence-corrected chi connectivity index (χ0v) is 8.16. The number of hydrogen-bond acceptors (Lipinski definition) is 2. The Kier molecular flexibility index (Phi) is 2.88. The molecule has 0 radical (unpaired) electrons. The topological polar surface area (TPSA) is 61.1 Å². The monoisotopic (exact) mass is 189 g/mol. The summed E-state index contributed by atoms with van der Waals surface area (Å²) in [5.74, 6) is -0.962. The van der Waals surface area contributed by atoms with Crippen LogP contribution in [0.15, 0.2) is 12.1 Å². The lowest BCUT2D eigenvalue weighted by Gasteiger charge is -2.08. The van der Waals surface area contributed by atoms with Crippen molar-refractivity contribution in [2.24, 2.45) is 0 Å². The Morgan fingerprint density at radius 2 is 2.21 bits per heavy atom. The molecule has 14 heavy (non-hydrogen) atoms. The van der Waals surface area contributed by atoms with Crippen molar-refractivity contribution in [1.82, 2.24) is 0 Å². The molecule has 1 aromatic carbocycles. The molecule has 1 aromatic rings. The van der Waals surface area contributed by atoms with Gasteiger partial charge in [-0.3, -0.25) is 0 Å². The first-order chi connectivity index (χ1) is 6.61. The summed E-state index contributed by atoms with van der Waals surface area (Å²) in [6.45, 7) is 3.59. The highest BCUT2D eigenvalue weighted by atomic mass is 16.4. The lowest BCUT2D eigenvalue weighted by molar-refractivity contribution is 0.0695. The maximum Gasteiger partial charge on any atom is 0.336 e. The number of hydrogen-bond donors (Lipinski definition) is 1. The number of nitriles is 1. The molecule has 0 aliphatic carbocycles. The van der Waals surface area contributed by atoms with E-state index in [1.54, 1.807) is 19.1 Å². The van der Waals surface area contributed by atoms with E-state index in [0.717, 1.165) is 0 Å². The van der Waals surface area contributed by atoms with E-state index >= 15 is 0 Å². The molecule has 3 nitrogen and oxygen atoms in total. The second-order valence-corrected chi connectivity index (χ2v) is 3.05. The molecule has 0 fully saturated rings. The van der Waals surface area contributed by atoms with Crippen LogP contribution in [-0.2, 0) is 6.42 Å². The molecule has 0 unspecified atom stereocenters. The predicted molar refractivity (Wildman–Crippen MR) is 52.2 cm³/mol. The Hall–Kier alpha value is -1.82. The Bertz CT molecular complexity index is 416. The standard InChI is InChI=1S/C11H11NO2/c1-3-9-8(6-12)5-4-7(2)10(9)11(13)14/h4-5H,3H2,1-2H3,(H,13,14). The van der Waals surface area contributed by atoms with Gasteiger partial charge >= 0.3 is 5.97 Å². The fraction of sp³-hybridized carbons (Fsp3) is 0.273. The summed E-state index contributed by atoms with van der Waals surface area (Å²) in [5.41, 5.74) is 2.05. The van der Waals surface area contributed by atoms with Gasteiger partial charge in [-0.15, -0.1) is 0 Å². The average Bonchev–Trinajstić information content (AvgIpc) is 2.16. The normalized spacial score (nSPS) is 9.50. The van der Waals surface area contributed by atoms with Crippen molar-refractivity contribution in [3.05, 3.63) is 34.4 Å². The molecular formula is C11H11NO2. The van der Waals surface area contributed by atoms with E-state index in [1.165, 1.54) is 0 Å². The SMILES string of the molecule is CCc1c(C#N)ccc(C)c1C(=O)O. The number of nitrogens with zero attached hydrogens (tertiary/aromatic N) is 1. The minimum atomic E-state index is -0.962. The molecule has 0 aliphatic heterocycles. The molecule has 0 heterocycles. The van der Waals surface area contributed by atoms with Gasteiger partial charge in [0.1, 0.15) is 0 Å². The van der Waals surface area contributed by atoms with Crippen molar-refractivity contribution >= 4 is 5.97 Å². The van der Waals surface area contributed by atoms with Gasteiger partial charge in [0.05, 0.1) is 17.2 Å². The fourth-order valence-corrected chi connectivity index (χ4v) is 1.53. The minimum absolute atomic E-state index is 0.270. The molecule has 0 atom stereocenters. The quantitative estimate of drug-likeness (QED) is 0.775. The van der Waals surface area contributed by atoms with Gasteiger partial charge in [0, 0.05) is 0 Å². The number of rotatable bonds is 2. The van der Waals surface area contributed by atoms with Gasteiger partial charge in [-0.1, -0.05) is 13.0 Å². The van der Waals surface area contributed by atoms with Crippen molar-refractivity contribution < 1.29 is 9.90 Å².